The first-order valence-corrected chi connectivity index (χ1v) is 9.24. The zero-order chi connectivity index (χ0) is 18.7. The van der Waals surface area contributed by atoms with Crippen LogP contribution in [0.25, 0.3) is 5.69 Å². The first-order chi connectivity index (χ1) is 12.4. The van der Waals surface area contributed by atoms with E-state index in [1.54, 1.807) is 35.3 Å². The third-order valence-corrected chi connectivity index (χ3v) is 5.14. The molecule has 0 radical (unpaired) electrons. The monoisotopic (exact) mass is 373 g/mol. The SMILES string of the molecule is Cc1cc(C(=O)CNS(=O)(=O)c2ccccc2F)cc(-n2cccn2)c1. The molecule has 26 heavy (non-hydrogen) atoms. The second-order valence-electron chi connectivity index (χ2n) is 5.69. The van der Waals surface area contributed by atoms with Crippen LogP contribution >= 0.6 is 0 Å². The van der Waals surface area contributed by atoms with E-state index in [2.05, 4.69) is 9.82 Å². The molecule has 1 heterocycles. The lowest BCUT2D eigenvalue weighted by molar-refractivity contribution is 0.0997. The maximum Gasteiger partial charge on any atom is 0.243 e. The standard InChI is InChI=1S/C18H16FN3O3S/c1-13-9-14(11-15(10-13)22-8-4-7-20-22)17(23)12-21-26(24,25)18-6-3-2-5-16(18)19/h2-11,21H,12H2,1H3. The third kappa shape index (κ3) is 3.87. The van der Waals surface area contributed by atoms with Gasteiger partial charge in [-0.25, -0.2) is 22.2 Å². The predicted octanol–water partition coefficient (Wildman–Crippen LogP) is 2.48. The molecule has 0 saturated heterocycles. The van der Waals surface area contributed by atoms with E-state index in [-0.39, 0.29) is 0 Å². The molecule has 134 valence electrons. The Hall–Kier alpha value is -2.84. The van der Waals surface area contributed by atoms with E-state index >= 15 is 0 Å². The van der Waals surface area contributed by atoms with Crippen LogP contribution in [0.3, 0.4) is 0 Å². The second-order valence-corrected chi connectivity index (χ2v) is 7.42. The van der Waals surface area contributed by atoms with Crippen molar-refractivity contribution in [3.05, 3.63) is 77.9 Å². The van der Waals surface area contributed by atoms with E-state index in [9.17, 15) is 17.6 Å². The van der Waals surface area contributed by atoms with Gasteiger partial charge in [-0.3, -0.25) is 4.79 Å². The molecule has 8 heteroatoms. The molecule has 3 rings (SSSR count). The van der Waals surface area contributed by atoms with Crippen molar-refractivity contribution >= 4 is 15.8 Å². The molecule has 0 aliphatic carbocycles. The van der Waals surface area contributed by atoms with Crippen LogP contribution in [0.4, 0.5) is 4.39 Å². The Morgan fingerprint density at radius 3 is 2.65 bits per heavy atom. The first-order valence-electron chi connectivity index (χ1n) is 7.76. The molecule has 6 nitrogen and oxygen atoms in total. The van der Waals surface area contributed by atoms with Crippen LogP contribution < -0.4 is 4.72 Å². The quantitative estimate of drug-likeness (QED) is 0.673. The summed E-state index contributed by atoms with van der Waals surface area (Å²) in [6.45, 7) is 1.35. The zero-order valence-electron chi connectivity index (χ0n) is 13.9. The van der Waals surface area contributed by atoms with Crippen molar-refractivity contribution in [2.24, 2.45) is 0 Å². The normalized spacial score (nSPS) is 11.5. The zero-order valence-corrected chi connectivity index (χ0v) is 14.7. The number of halogens is 1. The number of nitrogens with zero attached hydrogens (tertiary/aromatic N) is 2. The number of carbonyl (C=O) groups is 1. The van der Waals surface area contributed by atoms with Gasteiger partial charge in [0.15, 0.2) is 5.78 Å². The molecule has 0 atom stereocenters. The van der Waals surface area contributed by atoms with Gasteiger partial charge >= 0.3 is 0 Å². The molecule has 0 amide bonds. The number of ketones is 1. The molecule has 0 fully saturated rings. The van der Waals surface area contributed by atoms with E-state index in [0.717, 1.165) is 17.7 Å². The van der Waals surface area contributed by atoms with Crippen molar-refractivity contribution in [2.75, 3.05) is 6.54 Å². The highest BCUT2D eigenvalue weighted by atomic mass is 32.2. The lowest BCUT2D eigenvalue weighted by Crippen LogP contribution is -2.30. The Morgan fingerprint density at radius 1 is 1.19 bits per heavy atom. The molecule has 0 bridgehead atoms. The van der Waals surface area contributed by atoms with Gasteiger partial charge in [-0.2, -0.15) is 5.10 Å². The van der Waals surface area contributed by atoms with Crippen LogP contribution in [-0.2, 0) is 10.0 Å². The summed E-state index contributed by atoms with van der Waals surface area (Å²) in [5.74, 6) is -1.30. The Balaban J connectivity index is 1.80. The molecule has 0 aliphatic heterocycles. The highest BCUT2D eigenvalue weighted by Crippen LogP contribution is 2.15. The van der Waals surface area contributed by atoms with Crippen molar-refractivity contribution < 1.29 is 17.6 Å². The summed E-state index contributed by atoms with van der Waals surface area (Å²) in [7, 11) is -4.12. The summed E-state index contributed by atoms with van der Waals surface area (Å²) in [5.41, 5.74) is 1.86. The number of rotatable bonds is 6. The fraction of sp³-hybridized carbons (Fsp3) is 0.111. The highest BCUT2D eigenvalue weighted by Gasteiger charge is 2.20. The number of hydrogen-bond acceptors (Lipinski definition) is 4. The Kier molecular flexibility index (Phi) is 4.97. The van der Waals surface area contributed by atoms with Gasteiger partial charge in [0.25, 0.3) is 0 Å². The van der Waals surface area contributed by atoms with Gasteiger partial charge in [0.2, 0.25) is 10.0 Å². The molecule has 3 aromatic rings. The molecular weight excluding hydrogens is 357 g/mol. The minimum absolute atomic E-state index is 0.340. The van der Waals surface area contributed by atoms with E-state index in [1.807, 2.05) is 13.0 Å². The second kappa shape index (κ2) is 7.19. The van der Waals surface area contributed by atoms with Gasteiger partial charge in [-0.15, -0.1) is 0 Å². The molecule has 1 N–H and O–H groups in total. The topological polar surface area (TPSA) is 81.1 Å². The number of aryl methyl sites for hydroxylation is 1. The number of hydrogen-bond donors (Lipinski definition) is 1. The fourth-order valence-electron chi connectivity index (χ4n) is 2.48. The number of benzene rings is 2. The van der Waals surface area contributed by atoms with Crippen LogP contribution in [0.5, 0.6) is 0 Å². The van der Waals surface area contributed by atoms with E-state index in [4.69, 9.17) is 0 Å². The largest absolute Gasteiger partial charge is 0.293 e. The van der Waals surface area contributed by atoms with Crippen molar-refractivity contribution in [2.45, 2.75) is 11.8 Å². The number of nitrogens with one attached hydrogen (secondary N) is 1. The van der Waals surface area contributed by atoms with Crippen molar-refractivity contribution in [1.82, 2.24) is 14.5 Å². The van der Waals surface area contributed by atoms with Gasteiger partial charge < -0.3 is 0 Å². The average molecular weight is 373 g/mol. The summed E-state index contributed by atoms with van der Waals surface area (Å²) < 4.78 is 41.8. The van der Waals surface area contributed by atoms with Gasteiger partial charge in [0.1, 0.15) is 10.7 Å². The maximum atomic E-state index is 13.7. The maximum absolute atomic E-state index is 13.7. The van der Waals surface area contributed by atoms with Crippen molar-refractivity contribution in [1.29, 1.82) is 0 Å². The Bertz CT molecular complexity index is 1050. The molecule has 0 saturated carbocycles. The van der Waals surface area contributed by atoms with Crippen molar-refractivity contribution in [3.63, 3.8) is 0 Å². The molecule has 1 aromatic heterocycles. The summed E-state index contributed by atoms with van der Waals surface area (Å²) in [5, 5.41) is 4.11. The molecular formula is C18H16FN3O3S. The summed E-state index contributed by atoms with van der Waals surface area (Å²) in [4.78, 5) is 11.9. The van der Waals surface area contributed by atoms with E-state index in [1.165, 1.54) is 12.1 Å². The number of sulfonamides is 1. The van der Waals surface area contributed by atoms with Gasteiger partial charge in [-0.05, 0) is 48.9 Å². The summed E-state index contributed by atoms with van der Waals surface area (Å²) in [6, 6.07) is 11.9. The Labute approximate surface area is 150 Å². The van der Waals surface area contributed by atoms with Crippen LogP contribution in [0.2, 0.25) is 0 Å². The smallest absolute Gasteiger partial charge is 0.243 e. The summed E-state index contributed by atoms with van der Waals surface area (Å²) in [6.07, 6.45) is 3.36. The number of carbonyl (C=O) groups excluding carboxylic acids is 1. The van der Waals surface area contributed by atoms with Gasteiger partial charge in [0.05, 0.1) is 12.2 Å². The van der Waals surface area contributed by atoms with Crippen LogP contribution in [0.15, 0.2) is 65.8 Å². The van der Waals surface area contributed by atoms with Crippen LogP contribution in [-0.4, -0.2) is 30.5 Å². The first kappa shape index (κ1) is 18.0. The molecule has 0 aliphatic rings. The van der Waals surface area contributed by atoms with Gasteiger partial charge in [-0.1, -0.05) is 12.1 Å². The summed E-state index contributed by atoms with van der Waals surface area (Å²) >= 11 is 0. The third-order valence-electron chi connectivity index (χ3n) is 3.70. The predicted molar refractivity (Wildman–Crippen MR) is 94.2 cm³/mol. The van der Waals surface area contributed by atoms with Crippen molar-refractivity contribution in [3.8, 4) is 5.69 Å². The minimum atomic E-state index is -4.12. The molecule has 0 unspecified atom stereocenters. The van der Waals surface area contributed by atoms with Crippen LogP contribution in [0, 0.1) is 12.7 Å². The molecule has 0 spiro atoms. The number of Topliss-reactive ketones (excluding diaryl/α,β-unsaturated/α-hetero) is 1. The number of aromatic nitrogens is 2. The lowest BCUT2D eigenvalue weighted by atomic mass is 10.1. The van der Waals surface area contributed by atoms with Crippen LogP contribution in [0.1, 0.15) is 15.9 Å². The van der Waals surface area contributed by atoms with E-state index < -0.39 is 33.1 Å². The van der Waals surface area contributed by atoms with Gasteiger partial charge in [0, 0.05) is 18.0 Å². The minimum Gasteiger partial charge on any atom is -0.293 e. The molecule has 2 aromatic carbocycles. The fourth-order valence-corrected chi connectivity index (χ4v) is 3.54. The van der Waals surface area contributed by atoms with E-state index in [0.29, 0.717) is 11.3 Å². The average Bonchev–Trinajstić information content (AvgIpc) is 3.14. The lowest BCUT2D eigenvalue weighted by Gasteiger charge is -2.09. The Morgan fingerprint density at radius 2 is 1.96 bits per heavy atom. The highest BCUT2D eigenvalue weighted by molar-refractivity contribution is 7.89.